The number of quaternary nitrogens is 1. The van der Waals surface area contributed by atoms with Crippen LogP contribution in [0.1, 0.15) is 12.8 Å². The number of para-hydroxylation sites is 1. The number of likely N-dealkylation sites (tertiary alicyclic amines) is 1. The molecule has 0 saturated carbocycles. The number of halogens is 1. The second-order valence-electron chi connectivity index (χ2n) is 7.40. The van der Waals surface area contributed by atoms with Crippen LogP contribution in [0.15, 0.2) is 24.3 Å². The lowest BCUT2D eigenvalue weighted by Gasteiger charge is -2.37. The third kappa shape index (κ3) is 5.14. The number of carbonyl (C=O) groups excluding carboxylic acids is 3. The Kier molecular flexibility index (Phi) is 6.74. The van der Waals surface area contributed by atoms with E-state index in [1.807, 2.05) is 17.0 Å². The molecule has 0 aromatic heterocycles. The third-order valence-corrected chi connectivity index (χ3v) is 5.75. The quantitative estimate of drug-likeness (QED) is 0.643. The predicted octanol–water partition coefficient (Wildman–Crippen LogP) is -0.204. The standard InChI is InChI=1S/C19H26ClN5O3/c20-15-5-1-2-6-16(15)22-17(26)13-23-8-10-24(11-9-23)18(27)14-4-3-7-25(12-14)19(21)28/h1-2,5-6,14H,3-4,7-13H2,(H2,21,28)(H,22,26)/p+1/t14-/m0/s1. The first kappa shape index (κ1) is 20.4. The number of hydrogen-bond donors (Lipinski definition) is 3. The summed E-state index contributed by atoms with van der Waals surface area (Å²) in [6, 6.07) is 6.68. The van der Waals surface area contributed by atoms with Crippen LogP contribution in [0.5, 0.6) is 0 Å². The second-order valence-corrected chi connectivity index (χ2v) is 7.81. The van der Waals surface area contributed by atoms with Gasteiger partial charge in [0.15, 0.2) is 6.54 Å². The van der Waals surface area contributed by atoms with Crippen molar-refractivity contribution >= 4 is 35.1 Å². The van der Waals surface area contributed by atoms with Crippen molar-refractivity contribution in [3.05, 3.63) is 29.3 Å². The number of benzene rings is 1. The summed E-state index contributed by atoms with van der Waals surface area (Å²) >= 11 is 6.07. The monoisotopic (exact) mass is 408 g/mol. The largest absolute Gasteiger partial charge is 0.351 e. The maximum Gasteiger partial charge on any atom is 0.314 e. The van der Waals surface area contributed by atoms with E-state index in [4.69, 9.17) is 17.3 Å². The molecule has 2 fully saturated rings. The van der Waals surface area contributed by atoms with Crippen LogP contribution in [-0.4, -0.2) is 73.5 Å². The zero-order valence-corrected chi connectivity index (χ0v) is 16.6. The van der Waals surface area contributed by atoms with Gasteiger partial charge in [-0.15, -0.1) is 0 Å². The molecular weight excluding hydrogens is 382 g/mol. The molecule has 2 aliphatic rings. The molecule has 0 unspecified atom stereocenters. The van der Waals surface area contributed by atoms with Crippen LogP contribution in [0, 0.1) is 5.92 Å². The van der Waals surface area contributed by atoms with E-state index in [9.17, 15) is 14.4 Å². The van der Waals surface area contributed by atoms with Gasteiger partial charge in [-0.2, -0.15) is 0 Å². The number of nitrogens with one attached hydrogen (secondary N) is 2. The maximum absolute atomic E-state index is 12.8. The van der Waals surface area contributed by atoms with Crippen molar-refractivity contribution in [3.8, 4) is 0 Å². The van der Waals surface area contributed by atoms with E-state index in [1.54, 1.807) is 17.0 Å². The highest BCUT2D eigenvalue weighted by Crippen LogP contribution is 2.20. The molecule has 2 saturated heterocycles. The second kappa shape index (κ2) is 9.25. The van der Waals surface area contributed by atoms with Crippen LogP contribution >= 0.6 is 11.6 Å². The first-order chi connectivity index (χ1) is 13.4. The summed E-state index contributed by atoms with van der Waals surface area (Å²) in [6.07, 6.45) is 1.59. The summed E-state index contributed by atoms with van der Waals surface area (Å²) in [5, 5.41) is 3.35. The van der Waals surface area contributed by atoms with Gasteiger partial charge in [-0.1, -0.05) is 23.7 Å². The van der Waals surface area contributed by atoms with Gasteiger partial charge in [-0.25, -0.2) is 4.79 Å². The van der Waals surface area contributed by atoms with E-state index < -0.39 is 6.03 Å². The van der Waals surface area contributed by atoms with Gasteiger partial charge in [0.05, 0.1) is 42.8 Å². The molecule has 1 aromatic carbocycles. The zero-order chi connectivity index (χ0) is 20.1. The SMILES string of the molecule is NC(=O)N1CCC[C@H](C(=O)N2CC[NH+](CC(=O)Nc3ccccc3Cl)CC2)C1. The number of rotatable bonds is 4. The van der Waals surface area contributed by atoms with Crippen molar-refractivity contribution in [2.45, 2.75) is 12.8 Å². The Balaban J connectivity index is 1.45. The van der Waals surface area contributed by atoms with E-state index in [1.165, 1.54) is 0 Å². The predicted molar refractivity (Wildman–Crippen MR) is 106 cm³/mol. The van der Waals surface area contributed by atoms with Gasteiger partial charge in [-0.05, 0) is 25.0 Å². The van der Waals surface area contributed by atoms with E-state index in [0.717, 1.165) is 17.7 Å². The van der Waals surface area contributed by atoms with Gasteiger partial charge in [0.25, 0.3) is 5.91 Å². The minimum atomic E-state index is -0.462. The fourth-order valence-corrected chi connectivity index (χ4v) is 4.02. The molecule has 2 heterocycles. The summed E-state index contributed by atoms with van der Waals surface area (Å²) in [5.41, 5.74) is 5.96. The number of nitrogens with two attached hydrogens (primary N) is 1. The molecule has 4 amide bonds. The van der Waals surface area contributed by atoms with Crippen LogP contribution in [0.25, 0.3) is 0 Å². The van der Waals surface area contributed by atoms with Crippen LogP contribution in [-0.2, 0) is 9.59 Å². The lowest BCUT2D eigenvalue weighted by molar-refractivity contribution is -0.895. The number of carbonyl (C=O) groups is 3. The minimum Gasteiger partial charge on any atom is -0.351 e. The lowest BCUT2D eigenvalue weighted by Crippen LogP contribution is -3.15. The Bertz CT molecular complexity index is 736. The Morgan fingerprint density at radius 3 is 2.54 bits per heavy atom. The van der Waals surface area contributed by atoms with Crippen molar-refractivity contribution in [1.82, 2.24) is 9.80 Å². The number of amides is 4. The minimum absolute atomic E-state index is 0.0884. The van der Waals surface area contributed by atoms with Crippen molar-refractivity contribution in [2.75, 3.05) is 51.1 Å². The van der Waals surface area contributed by atoms with Gasteiger partial charge in [-0.3, -0.25) is 9.59 Å². The molecule has 0 radical (unpaired) electrons. The highest BCUT2D eigenvalue weighted by molar-refractivity contribution is 6.33. The Hall–Kier alpha value is -2.32. The molecule has 28 heavy (non-hydrogen) atoms. The van der Waals surface area contributed by atoms with Gasteiger partial charge < -0.3 is 25.8 Å². The molecule has 3 rings (SSSR count). The molecule has 9 heteroatoms. The summed E-state index contributed by atoms with van der Waals surface area (Å²) in [7, 11) is 0. The molecule has 0 spiro atoms. The van der Waals surface area contributed by atoms with E-state index in [0.29, 0.717) is 56.5 Å². The van der Waals surface area contributed by atoms with Crippen LogP contribution in [0.2, 0.25) is 5.02 Å². The van der Waals surface area contributed by atoms with Gasteiger partial charge in [0.2, 0.25) is 5.91 Å². The topological polar surface area (TPSA) is 100 Å². The highest BCUT2D eigenvalue weighted by Gasteiger charge is 2.33. The molecule has 1 atom stereocenters. The number of piperidine rings is 1. The summed E-state index contributed by atoms with van der Waals surface area (Å²) in [6.45, 7) is 4.02. The van der Waals surface area contributed by atoms with E-state index in [-0.39, 0.29) is 17.7 Å². The lowest BCUT2D eigenvalue weighted by atomic mass is 9.96. The molecule has 1 aromatic rings. The number of primary amides is 1. The average molecular weight is 409 g/mol. The first-order valence-corrected chi connectivity index (χ1v) is 10.0. The number of anilines is 1. The third-order valence-electron chi connectivity index (χ3n) is 5.42. The average Bonchev–Trinajstić information content (AvgIpc) is 2.70. The summed E-state index contributed by atoms with van der Waals surface area (Å²) in [5.74, 6) is -0.177. The van der Waals surface area contributed by atoms with Gasteiger partial charge in [0, 0.05) is 13.1 Å². The zero-order valence-electron chi connectivity index (χ0n) is 15.8. The van der Waals surface area contributed by atoms with Gasteiger partial charge >= 0.3 is 6.03 Å². The molecule has 8 nitrogen and oxygen atoms in total. The Labute approximate surface area is 169 Å². The van der Waals surface area contributed by atoms with Gasteiger partial charge in [0.1, 0.15) is 0 Å². The Morgan fingerprint density at radius 1 is 1.14 bits per heavy atom. The molecule has 0 bridgehead atoms. The Morgan fingerprint density at radius 2 is 1.86 bits per heavy atom. The molecule has 2 aliphatic heterocycles. The fourth-order valence-electron chi connectivity index (χ4n) is 3.84. The normalized spacial score (nSPS) is 20.7. The highest BCUT2D eigenvalue weighted by atomic mass is 35.5. The van der Waals surface area contributed by atoms with Crippen LogP contribution < -0.4 is 16.0 Å². The van der Waals surface area contributed by atoms with Crippen LogP contribution in [0.4, 0.5) is 10.5 Å². The summed E-state index contributed by atoms with van der Waals surface area (Å²) in [4.78, 5) is 41.0. The molecule has 0 aliphatic carbocycles. The molecule has 4 N–H and O–H groups in total. The van der Waals surface area contributed by atoms with Crippen molar-refractivity contribution in [3.63, 3.8) is 0 Å². The number of urea groups is 1. The maximum atomic E-state index is 12.8. The number of hydrogen-bond acceptors (Lipinski definition) is 3. The smallest absolute Gasteiger partial charge is 0.314 e. The van der Waals surface area contributed by atoms with E-state index in [2.05, 4.69) is 5.32 Å². The van der Waals surface area contributed by atoms with Crippen molar-refractivity contribution in [2.24, 2.45) is 11.7 Å². The molecule has 152 valence electrons. The van der Waals surface area contributed by atoms with Crippen molar-refractivity contribution in [1.29, 1.82) is 0 Å². The van der Waals surface area contributed by atoms with Crippen LogP contribution in [0.3, 0.4) is 0 Å². The fraction of sp³-hybridized carbons (Fsp3) is 0.526. The van der Waals surface area contributed by atoms with E-state index >= 15 is 0 Å². The van der Waals surface area contributed by atoms with Crippen molar-refractivity contribution < 1.29 is 19.3 Å². The number of nitrogens with zero attached hydrogens (tertiary/aromatic N) is 2. The summed E-state index contributed by atoms with van der Waals surface area (Å²) < 4.78 is 0. The first-order valence-electron chi connectivity index (χ1n) is 9.65. The molecular formula is C19H27ClN5O3+. The number of piperazine rings is 1.